The standard InChI is InChI=1S/C42H53FN4O4/c1-5-30(15-12-28-8-6-9-28)34-11-7-10-31(37(34)40(50)51)18-27(2)36-23-45(24-42(36)25-46(26-42)39(49)35-19-41(35,3)4)38(48)32-20-44-47(22-32)21-29-13-16-33(43)17-14-29/h7,10-11,13-14,16-17,20,22,27-28,30,35-36H,5-6,8-9,12,15,18-19,21,23-26H2,1-4H3,(H,50,51)/t27-,30?,35-,36?/m1/s1. The van der Waals surface area contributed by atoms with Crippen LogP contribution in [0.25, 0.3) is 0 Å². The molecule has 4 aliphatic rings. The average molecular weight is 697 g/mol. The molecule has 0 bridgehead atoms. The number of hydrogen-bond acceptors (Lipinski definition) is 4. The first-order valence-electron chi connectivity index (χ1n) is 19.1. The van der Waals surface area contributed by atoms with Gasteiger partial charge in [-0.1, -0.05) is 77.3 Å². The minimum atomic E-state index is -0.863. The number of aromatic nitrogens is 2. The summed E-state index contributed by atoms with van der Waals surface area (Å²) in [4.78, 5) is 44.3. The van der Waals surface area contributed by atoms with Crippen molar-refractivity contribution in [2.45, 2.75) is 91.5 Å². The highest BCUT2D eigenvalue weighted by atomic mass is 19.1. The molecule has 2 aliphatic heterocycles. The molecule has 2 unspecified atom stereocenters. The zero-order valence-electron chi connectivity index (χ0n) is 30.6. The van der Waals surface area contributed by atoms with Crippen LogP contribution in [0.2, 0.25) is 0 Å². The highest BCUT2D eigenvalue weighted by Crippen LogP contribution is 2.55. The van der Waals surface area contributed by atoms with E-state index in [-0.39, 0.29) is 52.1 Å². The molecule has 3 aromatic rings. The van der Waals surface area contributed by atoms with Crippen molar-refractivity contribution >= 4 is 17.8 Å². The lowest BCUT2D eigenvalue weighted by Gasteiger charge is -2.52. The summed E-state index contributed by atoms with van der Waals surface area (Å²) in [5.74, 6) is 0.218. The largest absolute Gasteiger partial charge is 0.478 e. The molecule has 9 heteroatoms. The van der Waals surface area contributed by atoms with Gasteiger partial charge in [-0.15, -0.1) is 0 Å². The van der Waals surface area contributed by atoms with Gasteiger partial charge in [-0.25, -0.2) is 9.18 Å². The number of rotatable bonds is 13. The van der Waals surface area contributed by atoms with Crippen molar-refractivity contribution in [2.24, 2.45) is 34.5 Å². The van der Waals surface area contributed by atoms with Crippen LogP contribution in [-0.4, -0.2) is 68.6 Å². The Hall–Kier alpha value is -4.01. The molecule has 2 aliphatic carbocycles. The molecule has 8 nitrogen and oxygen atoms in total. The van der Waals surface area contributed by atoms with Crippen molar-refractivity contribution < 1.29 is 23.9 Å². The maximum atomic E-state index is 14.0. The van der Waals surface area contributed by atoms with E-state index in [1.54, 1.807) is 29.2 Å². The number of amides is 2. The summed E-state index contributed by atoms with van der Waals surface area (Å²) in [6, 6.07) is 12.3. The Morgan fingerprint density at radius 1 is 1.04 bits per heavy atom. The zero-order chi connectivity index (χ0) is 36.1. The van der Waals surface area contributed by atoms with Gasteiger partial charge in [0.05, 0.1) is 23.9 Å². The first-order chi connectivity index (χ1) is 24.4. The van der Waals surface area contributed by atoms with E-state index in [4.69, 9.17) is 0 Å². The summed E-state index contributed by atoms with van der Waals surface area (Å²) in [6.07, 6.45) is 11.9. The maximum Gasteiger partial charge on any atom is 0.336 e. The second kappa shape index (κ2) is 13.8. The molecule has 1 aromatic heterocycles. The van der Waals surface area contributed by atoms with Gasteiger partial charge in [0, 0.05) is 43.7 Å². The van der Waals surface area contributed by atoms with Gasteiger partial charge in [0.25, 0.3) is 5.91 Å². The molecule has 7 rings (SSSR count). The molecule has 2 saturated heterocycles. The summed E-state index contributed by atoms with van der Waals surface area (Å²) in [5, 5.41) is 15.0. The molecule has 4 fully saturated rings. The van der Waals surface area contributed by atoms with E-state index in [0.29, 0.717) is 50.3 Å². The number of likely N-dealkylation sites (tertiary alicyclic amines) is 2. The first kappa shape index (κ1) is 35.4. The normalized spacial score (nSPS) is 23.1. The molecule has 2 amide bonds. The van der Waals surface area contributed by atoms with E-state index >= 15 is 0 Å². The molecule has 1 spiro atoms. The topological polar surface area (TPSA) is 95.7 Å². The molecule has 3 heterocycles. The van der Waals surface area contributed by atoms with Gasteiger partial charge in [-0.3, -0.25) is 14.3 Å². The van der Waals surface area contributed by atoms with E-state index in [0.717, 1.165) is 48.3 Å². The van der Waals surface area contributed by atoms with Crippen LogP contribution in [0.1, 0.15) is 116 Å². The number of carbonyl (C=O) groups excluding carboxylic acids is 2. The predicted octanol–water partition coefficient (Wildman–Crippen LogP) is 7.67. The lowest BCUT2D eigenvalue weighted by Crippen LogP contribution is -2.63. The highest BCUT2D eigenvalue weighted by molar-refractivity contribution is 5.94. The van der Waals surface area contributed by atoms with E-state index in [2.05, 4.69) is 32.8 Å². The van der Waals surface area contributed by atoms with Crippen molar-refractivity contribution in [1.29, 1.82) is 0 Å². The molecular weight excluding hydrogens is 643 g/mol. The smallest absolute Gasteiger partial charge is 0.336 e. The summed E-state index contributed by atoms with van der Waals surface area (Å²) in [7, 11) is 0. The molecule has 1 N–H and O–H groups in total. The molecule has 2 aromatic carbocycles. The van der Waals surface area contributed by atoms with Crippen LogP contribution in [0.4, 0.5) is 4.39 Å². The second-order valence-electron chi connectivity index (χ2n) is 17.0. The minimum absolute atomic E-state index is 0.0464. The molecule has 4 atom stereocenters. The zero-order valence-corrected chi connectivity index (χ0v) is 30.6. The third kappa shape index (κ3) is 7.10. The van der Waals surface area contributed by atoms with E-state index in [1.807, 2.05) is 28.0 Å². The lowest BCUT2D eigenvalue weighted by atomic mass is 9.65. The molecule has 0 radical (unpaired) electrons. The molecule has 51 heavy (non-hydrogen) atoms. The van der Waals surface area contributed by atoms with Gasteiger partial charge in [-0.2, -0.15) is 5.10 Å². The minimum Gasteiger partial charge on any atom is -0.478 e. The quantitative estimate of drug-likeness (QED) is 0.198. The number of hydrogen-bond donors (Lipinski definition) is 1. The number of nitrogens with zero attached hydrogens (tertiary/aromatic N) is 4. The van der Waals surface area contributed by atoms with Crippen LogP contribution < -0.4 is 0 Å². The first-order valence-corrected chi connectivity index (χ1v) is 19.1. The van der Waals surface area contributed by atoms with Gasteiger partial charge >= 0.3 is 5.97 Å². The lowest BCUT2D eigenvalue weighted by molar-refractivity contribution is -0.148. The number of benzene rings is 2. The number of halogens is 1. The Bertz CT molecular complexity index is 1770. The Morgan fingerprint density at radius 2 is 1.75 bits per heavy atom. The van der Waals surface area contributed by atoms with E-state index in [9.17, 15) is 23.9 Å². The SMILES string of the molecule is CCC(CCC1CCC1)c1cccc(C[C@@H](C)C2CN(C(=O)c3cnn(Cc4ccc(F)cc4)c3)CC23CN(C(=O)[C@H]2CC2(C)C)C3)c1C(=O)O. The van der Waals surface area contributed by atoms with Gasteiger partial charge < -0.3 is 14.9 Å². The van der Waals surface area contributed by atoms with Crippen molar-refractivity contribution in [3.63, 3.8) is 0 Å². The second-order valence-corrected chi connectivity index (χ2v) is 17.0. The van der Waals surface area contributed by atoms with Gasteiger partial charge in [-0.05, 0) is 90.0 Å². The number of carboxylic acid groups (broad SMARTS) is 1. The van der Waals surface area contributed by atoms with Gasteiger partial charge in [0.15, 0.2) is 0 Å². The molecule has 2 saturated carbocycles. The van der Waals surface area contributed by atoms with Crippen LogP contribution in [-0.2, 0) is 17.8 Å². The summed E-state index contributed by atoms with van der Waals surface area (Å²) in [5.41, 5.74) is 3.47. The van der Waals surface area contributed by atoms with Crippen molar-refractivity contribution in [3.05, 3.63) is 88.5 Å². The summed E-state index contributed by atoms with van der Waals surface area (Å²) in [6.45, 7) is 11.4. The third-order valence-electron chi connectivity index (χ3n) is 13.0. The van der Waals surface area contributed by atoms with Crippen LogP contribution in [0.5, 0.6) is 0 Å². The number of carbonyl (C=O) groups is 3. The van der Waals surface area contributed by atoms with E-state index in [1.165, 1.54) is 31.4 Å². The van der Waals surface area contributed by atoms with Gasteiger partial charge in [0.1, 0.15) is 5.82 Å². The average Bonchev–Trinajstić information content (AvgIpc) is 3.37. The fourth-order valence-electron chi connectivity index (χ4n) is 9.44. The highest BCUT2D eigenvalue weighted by Gasteiger charge is 2.61. The predicted molar refractivity (Wildman–Crippen MR) is 194 cm³/mol. The monoisotopic (exact) mass is 696 g/mol. The summed E-state index contributed by atoms with van der Waals surface area (Å²) >= 11 is 0. The Kier molecular flexibility index (Phi) is 9.61. The van der Waals surface area contributed by atoms with Crippen LogP contribution in [0.15, 0.2) is 54.9 Å². The number of carboxylic acids is 1. The fourth-order valence-corrected chi connectivity index (χ4v) is 9.44. The summed E-state index contributed by atoms with van der Waals surface area (Å²) < 4.78 is 15.1. The Labute approximate surface area is 301 Å². The van der Waals surface area contributed by atoms with Crippen LogP contribution >= 0.6 is 0 Å². The van der Waals surface area contributed by atoms with Gasteiger partial charge in [0.2, 0.25) is 5.91 Å². The Balaban J connectivity index is 1.10. The number of aromatic carboxylic acids is 1. The molecule has 272 valence electrons. The fraction of sp³-hybridized carbons (Fsp3) is 0.571. The van der Waals surface area contributed by atoms with Crippen molar-refractivity contribution in [1.82, 2.24) is 19.6 Å². The maximum absolute atomic E-state index is 14.0. The Morgan fingerprint density at radius 3 is 2.37 bits per heavy atom. The van der Waals surface area contributed by atoms with E-state index < -0.39 is 5.97 Å². The van der Waals surface area contributed by atoms with Crippen molar-refractivity contribution in [3.8, 4) is 0 Å². The molecular formula is C42H53FN4O4. The van der Waals surface area contributed by atoms with Crippen LogP contribution in [0.3, 0.4) is 0 Å². The van der Waals surface area contributed by atoms with Crippen LogP contribution in [0, 0.1) is 40.3 Å². The van der Waals surface area contributed by atoms with Crippen molar-refractivity contribution in [2.75, 3.05) is 26.2 Å². The third-order valence-corrected chi connectivity index (χ3v) is 13.0.